The van der Waals surface area contributed by atoms with Gasteiger partial charge >= 0.3 is 0 Å². The molecule has 0 spiro atoms. The van der Waals surface area contributed by atoms with E-state index in [1.54, 1.807) is 11.0 Å². The second kappa shape index (κ2) is 10.4. The average Bonchev–Trinajstić information content (AvgIpc) is 2.77. The second-order valence-corrected chi connectivity index (χ2v) is 7.99. The third kappa shape index (κ3) is 5.28. The van der Waals surface area contributed by atoms with Crippen LogP contribution in [0.1, 0.15) is 48.2 Å². The molecule has 30 heavy (non-hydrogen) atoms. The van der Waals surface area contributed by atoms with Crippen molar-refractivity contribution < 1.29 is 9.59 Å². The average molecular weight is 408 g/mol. The normalized spacial score (nSPS) is 15.0. The van der Waals surface area contributed by atoms with Gasteiger partial charge in [-0.05, 0) is 70.0 Å². The second-order valence-electron chi connectivity index (χ2n) is 7.99. The number of nitrogens with one attached hydrogen (secondary N) is 1. The van der Waals surface area contributed by atoms with Gasteiger partial charge in [-0.1, -0.05) is 36.4 Å². The van der Waals surface area contributed by atoms with Gasteiger partial charge in [-0.3, -0.25) is 14.5 Å². The molecule has 3 rings (SSSR count). The highest BCUT2D eigenvalue weighted by Crippen LogP contribution is 2.24. The van der Waals surface area contributed by atoms with Crippen LogP contribution in [-0.2, 0) is 11.3 Å². The van der Waals surface area contributed by atoms with E-state index in [1.807, 2.05) is 32.0 Å². The molecule has 0 radical (unpaired) electrons. The zero-order chi connectivity index (χ0) is 21.5. The fourth-order valence-corrected chi connectivity index (χ4v) is 4.08. The molecule has 0 aliphatic carbocycles. The van der Waals surface area contributed by atoms with E-state index < -0.39 is 0 Å². The number of likely N-dealkylation sites (tertiary alicyclic amines) is 1. The van der Waals surface area contributed by atoms with Crippen LogP contribution < -0.4 is 5.32 Å². The largest absolute Gasteiger partial charge is 0.339 e. The zero-order valence-electron chi connectivity index (χ0n) is 18.4. The fourth-order valence-electron chi connectivity index (χ4n) is 4.08. The van der Waals surface area contributed by atoms with Crippen molar-refractivity contribution in [2.45, 2.75) is 40.2 Å². The predicted octanol–water partition coefficient (Wildman–Crippen LogP) is 4.33. The van der Waals surface area contributed by atoms with Crippen molar-refractivity contribution in [3.8, 4) is 0 Å². The van der Waals surface area contributed by atoms with E-state index in [0.29, 0.717) is 24.3 Å². The summed E-state index contributed by atoms with van der Waals surface area (Å²) >= 11 is 0. The topological polar surface area (TPSA) is 52.7 Å². The molecule has 160 valence electrons. The number of hydrogen-bond donors (Lipinski definition) is 1. The van der Waals surface area contributed by atoms with Gasteiger partial charge in [-0.15, -0.1) is 0 Å². The number of para-hydroxylation sites is 1. The van der Waals surface area contributed by atoms with E-state index in [1.165, 1.54) is 11.1 Å². The monoisotopic (exact) mass is 407 g/mol. The van der Waals surface area contributed by atoms with E-state index in [4.69, 9.17) is 0 Å². The number of hydrogen-bond acceptors (Lipinski definition) is 3. The Morgan fingerprint density at radius 3 is 2.30 bits per heavy atom. The number of benzene rings is 2. The summed E-state index contributed by atoms with van der Waals surface area (Å²) in [6.45, 7) is 10.1. The first-order valence-electron chi connectivity index (χ1n) is 11.0. The molecule has 5 nitrogen and oxygen atoms in total. The summed E-state index contributed by atoms with van der Waals surface area (Å²) in [5, 5.41) is 3.03. The lowest BCUT2D eigenvalue weighted by Gasteiger charge is -2.31. The van der Waals surface area contributed by atoms with Gasteiger partial charge in [-0.25, -0.2) is 0 Å². The first-order valence-corrected chi connectivity index (χ1v) is 11.0. The van der Waals surface area contributed by atoms with Crippen LogP contribution in [-0.4, -0.2) is 47.8 Å². The molecule has 0 saturated carbocycles. The Morgan fingerprint density at radius 1 is 1.00 bits per heavy atom. The van der Waals surface area contributed by atoms with Crippen molar-refractivity contribution in [3.63, 3.8) is 0 Å². The van der Waals surface area contributed by atoms with Crippen molar-refractivity contribution in [3.05, 3.63) is 65.2 Å². The number of carbonyl (C=O) groups is 2. The summed E-state index contributed by atoms with van der Waals surface area (Å²) in [5.74, 6) is -0.0379. The molecule has 1 aliphatic heterocycles. The Kier molecular flexibility index (Phi) is 7.63. The van der Waals surface area contributed by atoms with Crippen LogP contribution in [0.4, 0.5) is 5.69 Å². The molecule has 5 heteroatoms. The SMILES string of the molecule is CCN(CC)C(=O)c1ccccc1NC(=O)C1CCN(Cc2ccccc2C)CC1. The number of piperidine rings is 1. The maximum atomic E-state index is 12.9. The third-order valence-electron chi connectivity index (χ3n) is 6.08. The minimum atomic E-state index is -0.0380. The molecular formula is C25H33N3O2. The predicted molar refractivity (Wildman–Crippen MR) is 122 cm³/mol. The van der Waals surface area contributed by atoms with Gasteiger partial charge < -0.3 is 10.2 Å². The summed E-state index contributed by atoms with van der Waals surface area (Å²) in [4.78, 5) is 29.9. The Balaban J connectivity index is 1.59. The molecular weight excluding hydrogens is 374 g/mol. The number of aryl methyl sites for hydroxylation is 1. The molecule has 2 aromatic rings. The van der Waals surface area contributed by atoms with Gasteiger partial charge in [0.1, 0.15) is 0 Å². The van der Waals surface area contributed by atoms with Gasteiger partial charge in [0, 0.05) is 25.6 Å². The van der Waals surface area contributed by atoms with Crippen LogP contribution in [0.15, 0.2) is 48.5 Å². The maximum Gasteiger partial charge on any atom is 0.255 e. The lowest BCUT2D eigenvalue weighted by atomic mass is 9.95. The van der Waals surface area contributed by atoms with E-state index in [0.717, 1.165) is 32.5 Å². The smallest absolute Gasteiger partial charge is 0.255 e. The molecule has 0 atom stereocenters. The molecule has 0 unspecified atom stereocenters. The van der Waals surface area contributed by atoms with Crippen LogP contribution in [0.25, 0.3) is 0 Å². The first-order chi connectivity index (χ1) is 14.5. The Labute approximate surface area is 180 Å². The van der Waals surface area contributed by atoms with Gasteiger partial charge in [-0.2, -0.15) is 0 Å². The van der Waals surface area contributed by atoms with Crippen LogP contribution in [0.5, 0.6) is 0 Å². The highest BCUT2D eigenvalue weighted by atomic mass is 16.2. The Hall–Kier alpha value is -2.66. The summed E-state index contributed by atoms with van der Waals surface area (Å²) < 4.78 is 0. The van der Waals surface area contributed by atoms with Crippen molar-refractivity contribution in [1.82, 2.24) is 9.80 Å². The highest BCUT2D eigenvalue weighted by Gasteiger charge is 2.26. The summed E-state index contributed by atoms with van der Waals surface area (Å²) in [5.41, 5.74) is 3.84. The van der Waals surface area contributed by atoms with E-state index in [-0.39, 0.29) is 17.7 Å². The van der Waals surface area contributed by atoms with Gasteiger partial charge in [0.25, 0.3) is 5.91 Å². The molecule has 2 aromatic carbocycles. The lowest BCUT2D eigenvalue weighted by Crippen LogP contribution is -2.38. The van der Waals surface area contributed by atoms with Gasteiger partial charge in [0.15, 0.2) is 0 Å². The lowest BCUT2D eigenvalue weighted by molar-refractivity contribution is -0.121. The van der Waals surface area contributed by atoms with Gasteiger partial charge in [0.2, 0.25) is 5.91 Å². The summed E-state index contributed by atoms with van der Waals surface area (Å²) in [6, 6.07) is 15.8. The molecule has 1 heterocycles. The molecule has 1 aliphatic rings. The van der Waals surface area contributed by atoms with Crippen molar-refractivity contribution in [2.24, 2.45) is 5.92 Å². The molecule has 0 bridgehead atoms. The van der Waals surface area contributed by atoms with Crippen molar-refractivity contribution in [2.75, 3.05) is 31.5 Å². The van der Waals surface area contributed by atoms with Crippen molar-refractivity contribution >= 4 is 17.5 Å². The Bertz CT molecular complexity index is 868. The van der Waals surface area contributed by atoms with Crippen LogP contribution in [0.2, 0.25) is 0 Å². The fraction of sp³-hybridized carbons (Fsp3) is 0.440. The number of anilines is 1. The maximum absolute atomic E-state index is 12.9. The first kappa shape index (κ1) is 22.0. The quantitative estimate of drug-likeness (QED) is 0.743. The number of rotatable bonds is 7. The summed E-state index contributed by atoms with van der Waals surface area (Å²) in [7, 11) is 0. The molecule has 1 saturated heterocycles. The van der Waals surface area contributed by atoms with Crippen LogP contribution in [0.3, 0.4) is 0 Å². The minimum Gasteiger partial charge on any atom is -0.339 e. The molecule has 1 N–H and O–H groups in total. The van der Waals surface area contributed by atoms with Crippen molar-refractivity contribution in [1.29, 1.82) is 0 Å². The van der Waals surface area contributed by atoms with E-state index in [2.05, 4.69) is 41.4 Å². The van der Waals surface area contributed by atoms with Gasteiger partial charge in [0.05, 0.1) is 11.3 Å². The zero-order valence-corrected chi connectivity index (χ0v) is 18.4. The number of amides is 2. The Morgan fingerprint density at radius 2 is 1.63 bits per heavy atom. The number of nitrogens with zero attached hydrogens (tertiary/aromatic N) is 2. The highest BCUT2D eigenvalue weighted by molar-refractivity contribution is 6.04. The van der Waals surface area contributed by atoms with E-state index >= 15 is 0 Å². The summed E-state index contributed by atoms with van der Waals surface area (Å²) in [6.07, 6.45) is 1.67. The van der Waals surface area contributed by atoms with Crippen LogP contribution in [0, 0.1) is 12.8 Å². The standard InChI is InChI=1S/C25H33N3O2/c1-4-28(5-2)25(30)22-12-8-9-13-23(22)26-24(29)20-14-16-27(17-15-20)18-21-11-7-6-10-19(21)3/h6-13,20H,4-5,14-18H2,1-3H3,(H,26,29). The third-order valence-corrected chi connectivity index (χ3v) is 6.08. The molecule has 0 aromatic heterocycles. The molecule has 1 fully saturated rings. The molecule has 2 amide bonds. The van der Waals surface area contributed by atoms with E-state index in [9.17, 15) is 9.59 Å². The number of carbonyl (C=O) groups excluding carboxylic acids is 2. The minimum absolute atomic E-state index is 0.0188. The van der Waals surface area contributed by atoms with Crippen LogP contribution >= 0.6 is 0 Å².